The van der Waals surface area contributed by atoms with Crippen LogP contribution in [-0.2, 0) is 138 Å². The fraction of sp³-hybridized carbons (Fsp3) is 0.571. The van der Waals surface area contributed by atoms with Gasteiger partial charge in [-0.3, -0.25) is 27.3 Å². The van der Waals surface area contributed by atoms with Crippen molar-refractivity contribution in [3.05, 3.63) is 173 Å². The second kappa shape index (κ2) is 45.5. The molecule has 6 N–H and O–H groups in total. The molecule has 7 rings (SSSR count). The molecule has 0 aliphatic heterocycles. The van der Waals surface area contributed by atoms with Gasteiger partial charge in [-0.25, -0.2) is 0 Å². The molecule has 0 spiro atoms. The Kier molecular flexibility index (Phi) is 37.8. The van der Waals surface area contributed by atoms with E-state index in [1.54, 1.807) is 0 Å². The Morgan fingerprint density at radius 2 is 0.325 bits per heavy atom. The number of ether oxygens (including phenoxy) is 6. The molecule has 12 bridgehead atoms. The summed E-state index contributed by atoms with van der Waals surface area (Å²) < 4.78 is 252. The van der Waals surface area contributed by atoms with Gasteiger partial charge < -0.3 is 28.4 Å². The van der Waals surface area contributed by atoms with Gasteiger partial charge in [0.15, 0.2) is 0 Å². The Balaban J connectivity index is 1.75. The van der Waals surface area contributed by atoms with Crippen molar-refractivity contribution in [1.29, 1.82) is 0 Å². The SMILES string of the molecule is CCCCc1cc2c(OCCCS(=O)(=O)O)c(c1)Cc1cc(CCCC)cc(c1OCCCS(=O)(=O)O)Cc1cc(CCCC)cc(c1OCCCS(=O)(=O)O)Cc1cc(CCCC)cc(c1OCCCS(=O)(=O)O)Cc1cc(CCCC)cc(c1OCCCS(=O)(=O)O)Cc1cc(CCCC)cc(c1OCCCS(=O)(=O)O)C2. The lowest BCUT2D eigenvalue weighted by Gasteiger charge is -2.25. The van der Waals surface area contributed by atoms with Crippen LogP contribution in [-0.4, -0.2) is 152 Å². The standard InChI is InChI=1S/C84H120O24S6/c1-7-13-25-61-43-67-55-69-45-62(26-14-8-2)47-71(80(69)104-32-20-38-110(88,89)90)57-73-49-64(28-16-10-4)51-75(82(73)106-34-22-40-112(94,95)96)59-77-53-66(30-18-12-6)54-78(84(77)108-36-24-42-114(100,101)102)60-76-52-65(29-17-11-5)50-74(83(76)107-35-23-41-113(97,98)99)58-72-48-63(27-15-9-3)46-70(81(72)105-33-21-39-111(91,92)93)56-68(44-61)79(67)103-31-19-37-109(85,86)87/h43-54H,7-42,55-60H2,1-6H3,(H,85,86,87)(H,88,89,90)(H,91,92,93)(H,94,95,96)(H,97,98,99)(H,100,101,102). The molecule has 6 aromatic rings. The van der Waals surface area contributed by atoms with Gasteiger partial charge >= 0.3 is 0 Å². The van der Waals surface area contributed by atoms with Gasteiger partial charge in [-0.15, -0.1) is 0 Å². The van der Waals surface area contributed by atoms with Crippen molar-refractivity contribution < 1.29 is 106 Å². The summed E-state index contributed by atoms with van der Waals surface area (Å²) in [4.78, 5) is 0. The van der Waals surface area contributed by atoms with Gasteiger partial charge in [-0.2, -0.15) is 50.5 Å². The summed E-state index contributed by atoms with van der Waals surface area (Å²) in [7, 11) is -26.8. The van der Waals surface area contributed by atoms with E-state index in [1.807, 2.05) is 0 Å². The largest absolute Gasteiger partial charge is 0.493 e. The summed E-state index contributed by atoms with van der Waals surface area (Å²) >= 11 is 0. The Morgan fingerprint density at radius 1 is 0.211 bits per heavy atom. The number of hydrogen-bond acceptors (Lipinski definition) is 18. The van der Waals surface area contributed by atoms with Crippen LogP contribution in [0.4, 0.5) is 0 Å². The van der Waals surface area contributed by atoms with Gasteiger partial charge in [0, 0.05) is 38.5 Å². The average Bonchev–Trinajstić information content (AvgIpc) is 0.778. The Bertz CT molecular complexity index is 3940. The second-order valence-corrected chi connectivity index (χ2v) is 39.5. The molecule has 0 amide bonds. The number of unbranched alkanes of at least 4 members (excludes halogenated alkanes) is 6. The number of rotatable bonds is 48. The van der Waals surface area contributed by atoms with Crippen molar-refractivity contribution >= 4 is 60.7 Å². The Labute approximate surface area is 678 Å². The van der Waals surface area contributed by atoms with Crippen LogP contribution in [0.3, 0.4) is 0 Å². The lowest BCUT2D eigenvalue weighted by molar-refractivity contribution is 0.303. The van der Waals surface area contributed by atoms with Crippen molar-refractivity contribution in [2.24, 2.45) is 0 Å². The molecule has 0 heterocycles. The lowest BCUT2D eigenvalue weighted by Crippen LogP contribution is -2.14. The van der Waals surface area contributed by atoms with E-state index in [2.05, 4.69) is 114 Å². The minimum atomic E-state index is -4.47. The molecule has 114 heavy (non-hydrogen) atoms. The zero-order chi connectivity index (χ0) is 83.3. The molecule has 636 valence electrons. The molecule has 0 radical (unpaired) electrons. The number of hydrogen-bond donors (Lipinski definition) is 6. The first-order valence-corrected chi connectivity index (χ1v) is 50.0. The Morgan fingerprint density at radius 3 is 0.421 bits per heavy atom. The molecule has 1 aliphatic carbocycles. The fourth-order valence-electron chi connectivity index (χ4n) is 14.5. The molecular weight excluding hydrogens is 1590 g/mol. The molecule has 0 unspecified atom stereocenters. The van der Waals surface area contributed by atoms with E-state index in [4.69, 9.17) is 28.4 Å². The van der Waals surface area contributed by atoms with Crippen molar-refractivity contribution in [2.75, 3.05) is 74.2 Å². The minimum absolute atomic E-state index is 0.0934. The number of benzene rings is 6. The van der Waals surface area contributed by atoms with Gasteiger partial charge in [-0.1, -0.05) is 153 Å². The quantitative estimate of drug-likeness (QED) is 0.0152. The highest BCUT2D eigenvalue weighted by atomic mass is 32.2. The molecule has 30 heteroatoms. The van der Waals surface area contributed by atoms with Crippen LogP contribution in [0.1, 0.15) is 257 Å². The van der Waals surface area contributed by atoms with Crippen LogP contribution < -0.4 is 28.4 Å². The van der Waals surface area contributed by atoms with Crippen molar-refractivity contribution in [3.63, 3.8) is 0 Å². The molecule has 0 fully saturated rings. The van der Waals surface area contributed by atoms with Crippen LogP contribution in [0.5, 0.6) is 34.5 Å². The van der Waals surface area contributed by atoms with Crippen LogP contribution in [0.15, 0.2) is 72.8 Å². The first-order valence-electron chi connectivity index (χ1n) is 40.3. The van der Waals surface area contributed by atoms with Gasteiger partial charge in [0.1, 0.15) is 34.5 Å². The highest BCUT2D eigenvalue weighted by Gasteiger charge is 2.28. The molecule has 1 aliphatic rings. The predicted octanol–water partition coefficient (Wildman–Crippen LogP) is 15.5. The highest BCUT2D eigenvalue weighted by Crippen LogP contribution is 2.44. The molecule has 0 aromatic heterocycles. The molecule has 0 saturated heterocycles. The van der Waals surface area contributed by atoms with Gasteiger partial charge in [0.25, 0.3) is 60.7 Å². The summed E-state index contributed by atoms with van der Waals surface area (Å²) in [5, 5.41) is 0. The third kappa shape index (κ3) is 33.5. The van der Waals surface area contributed by atoms with Crippen molar-refractivity contribution in [3.8, 4) is 34.5 Å². The molecule has 0 saturated carbocycles. The summed E-state index contributed by atoms with van der Waals surface area (Å²) in [5.74, 6) is -1.48. The van der Waals surface area contributed by atoms with Crippen LogP contribution >= 0.6 is 0 Å². The molecular formula is C84H120O24S6. The first-order chi connectivity index (χ1) is 54.0. The van der Waals surface area contributed by atoms with E-state index in [0.29, 0.717) is 140 Å². The van der Waals surface area contributed by atoms with E-state index in [0.717, 1.165) is 110 Å². The number of aryl methyl sites for hydroxylation is 6. The van der Waals surface area contributed by atoms with E-state index in [1.165, 1.54) is 0 Å². The monoisotopic (exact) mass is 1700 g/mol. The van der Waals surface area contributed by atoms with E-state index < -0.39 is 95.2 Å². The minimum Gasteiger partial charge on any atom is -0.493 e. The van der Waals surface area contributed by atoms with E-state index in [-0.39, 0.29) is 117 Å². The smallest absolute Gasteiger partial charge is 0.264 e. The van der Waals surface area contributed by atoms with Crippen LogP contribution in [0.2, 0.25) is 0 Å². The highest BCUT2D eigenvalue weighted by molar-refractivity contribution is 7.87. The van der Waals surface area contributed by atoms with Gasteiger partial charge in [0.05, 0.1) is 74.2 Å². The van der Waals surface area contributed by atoms with Crippen molar-refractivity contribution in [1.82, 2.24) is 0 Å². The van der Waals surface area contributed by atoms with E-state index in [9.17, 15) is 77.8 Å². The summed E-state index contributed by atoms with van der Waals surface area (Å²) in [6.07, 6.45) is 12.9. The topological polar surface area (TPSA) is 382 Å². The predicted molar refractivity (Wildman–Crippen MR) is 446 cm³/mol. The number of fused-ring (bicyclic) bond motifs is 12. The lowest BCUT2D eigenvalue weighted by atomic mass is 9.87. The Hall–Kier alpha value is -6.42. The summed E-state index contributed by atoms with van der Waals surface area (Å²) in [6.45, 7) is 11.4. The van der Waals surface area contributed by atoms with Crippen LogP contribution in [0, 0.1) is 0 Å². The van der Waals surface area contributed by atoms with Crippen LogP contribution in [0.25, 0.3) is 0 Å². The average molecular weight is 1710 g/mol. The van der Waals surface area contributed by atoms with Gasteiger partial charge in [-0.05, 0) is 216 Å². The summed E-state index contributed by atoms with van der Waals surface area (Å²) in [5.41, 5.74) is 13.3. The fourth-order valence-corrected chi connectivity index (χ4v) is 17.4. The normalized spacial score (nSPS) is 13.2. The maximum atomic E-state index is 12.4. The molecule has 24 nitrogen and oxygen atoms in total. The second-order valence-electron chi connectivity index (χ2n) is 30.1. The first kappa shape index (κ1) is 94.7. The van der Waals surface area contributed by atoms with E-state index >= 15 is 0 Å². The summed E-state index contributed by atoms with van der Waals surface area (Å²) in [6, 6.07) is 24.6. The maximum Gasteiger partial charge on any atom is 0.264 e. The molecule has 6 aromatic carbocycles. The zero-order valence-corrected chi connectivity index (χ0v) is 72.0. The third-order valence-corrected chi connectivity index (χ3v) is 24.6. The maximum absolute atomic E-state index is 12.4. The zero-order valence-electron chi connectivity index (χ0n) is 67.1. The van der Waals surface area contributed by atoms with Crippen molar-refractivity contribution in [2.45, 2.75) is 234 Å². The molecule has 0 atom stereocenters. The third-order valence-electron chi connectivity index (χ3n) is 19.8. The van der Waals surface area contributed by atoms with Gasteiger partial charge in [0.2, 0.25) is 0 Å².